The average molecular weight is 538 g/mol. The number of ether oxygens (including phenoxy) is 3. The molecule has 0 spiro atoms. The predicted octanol–water partition coefficient (Wildman–Crippen LogP) is 5.42. The number of non-ortho nitro benzene ring substituents is 1. The molecule has 0 radical (unpaired) electrons. The number of nitro groups is 2. The molecule has 4 rings (SSSR count). The molecule has 0 bridgehead atoms. The minimum atomic E-state index is -0.788. The van der Waals surface area contributed by atoms with Gasteiger partial charge >= 0.3 is 5.69 Å². The first kappa shape index (κ1) is 26.2. The van der Waals surface area contributed by atoms with Gasteiger partial charge in [0.2, 0.25) is 5.75 Å². The van der Waals surface area contributed by atoms with Gasteiger partial charge in [-0.2, -0.15) is 0 Å². The van der Waals surface area contributed by atoms with Crippen molar-refractivity contribution in [1.29, 1.82) is 0 Å². The first-order valence-electron chi connectivity index (χ1n) is 11.0. The second-order valence-electron chi connectivity index (χ2n) is 7.64. The van der Waals surface area contributed by atoms with Gasteiger partial charge in [-0.25, -0.2) is 0 Å². The molecular weight excluding hydrogens is 518 g/mol. The molecule has 194 valence electrons. The van der Waals surface area contributed by atoms with Crippen molar-refractivity contribution in [3.05, 3.63) is 97.4 Å². The minimum absolute atomic E-state index is 0.00713. The quantitative estimate of drug-likeness (QED) is 0.186. The van der Waals surface area contributed by atoms with E-state index >= 15 is 0 Å². The van der Waals surface area contributed by atoms with Crippen LogP contribution in [0.4, 0.5) is 16.2 Å². The van der Waals surface area contributed by atoms with Crippen LogP contribution in [0, 0.1) is 20.2 Å². The number of methoxy groups -OCH3 is 1. The minimum Gasteiger partial charge on any atom is -0.493 e. The largest absolute Gasteiger partial charge is 0.493 e. The van der Waals surface area contributed by atoms with Crippen molar-refractivity contribution >= 4 is 40.4 Å². The van der Waals surface area contributed by atoms with E-state index in [1.807, 2.05) is 0 Å². The predicted molar refractivity (Wildman–Crippen MR) is 137 cm³/mol. The number of para-hydroxylation sites is 3. The summed E-state index contributed by atoms with van der Waals surface area (Å²) < 4.78 is 16.6. The standard InChI is InChI=1S/C25H19N3O9S/c1-35-21-8-4-5-9-22(21)36-13-12-26-24(29)23(38-25(26)30)14-16-6-2-3-7-19(16)37-20-11-10-17(27(31)32)15-18(20)28(33)34/h2-11,14-15H,12-13H2,1H3/b23-14-. The summed E-state index contributed by atoms with van der Waals surface area (Å²) in [6, 6.07) is 16.4. The van der Waals surface area contributed by atoms with Gasteiger partial charge in [0.1, 0.15) is 12.4 Å². The van der Waals surface area contributed by atoms with Crippen molar-refractivity contribution in [2.24, 2.45) is 0 Å². The molecule has 1 heterocycles. The highest BCUT2D eigenvalue weighted by molar-refractivity contribution is 8.18. The smallest absolute Gasteiger partial charge is 0.318 e. The lowest BCUT2D eigenvalue weighted by molar-refractivity contribution is -0.394. The van der Waals surface area contributed by atoms with E-state index in [1.54, 1.807) is 42.5 Å². The Bertz CT molecular complexity index is 1460. The van der Waals surface area contributed by atoms with Crippen LogP contribution < -0.4 is 14.2 Å². The molecular formula is C25H19N3O9S. The van der Waals surface area contributed by atoms with Gasteiger partial charge < -0.3 is 14.2 Å². The monoisotopic (exact) mass is 537 g/mol. The lowest BCUT2D eigenvalue weighted by Gasteiger charge is -2.14. The molecule has 1 aliphatic rings. The molecule has 1 fully saturated rings. The summed E-state index contributed by atoms with van der Waals surface area (Å²) in [6.45, 7) is 0.0579. The topological polar surface area (TPSA) is 151 Å². The SMILES string of the molecule is COc1ccccc1OCCN1C(=O)S/C(=C\c2ccccc2Oc2ccc([N+](=O)[O-])cc2[N+](=O)[O-])C1=O. The fraction of sp³-hybridized carbons (Fsp3) is 0.120. The molecule has 0 N–H and O–H groups in total. The maximum atomic E-state index is 12.9. The number of hydrogen-bond donors (Lipinski definition) is 0. The Morgan fingerprint density at radius 2 is 1.58 bits per heavy atom. The second kappa shape index (κ2) is 11.4. The van der Waals surface area contributed by atoms with Crippen molar-refractivity contribution in [2.45, 2.75) is 0 Å². The van der Waals surface area contributed by atoms with Gasteiger partial charge in [-0.1, -0.05) is 30.3 Å². The summed E-state index contributed by atoms with van der Waals surface area (Å²) in [4.78, 5) is 47.6. The van der Waals surface area contributed by atoms with E-state index < -0.39 is 32.4 Å². The Labute approximate surface area is 219 Å². The number of nitrogens with zero attached hydrogens (tertiary/aromatic N) is 3. The van der Waals surface area contributed by atoms with Crippen molar-refractivity contribution in [3.8, 4) is 23.0 Å². The van der Waals surface area contributed by atoms with E-state index in [-0.39, 0.29) is 29.6 Å². The summed E-state index contributed by atoms with van der Waals surface area (Å²) in [6.07, 6.45) is 1.44. The number of thioether (sulfide) groups is 1. The number of nitro benzene ring substituents is 2. The summed E-state index contributed by atoms with van der Waals surface area (Å²) in [5.74, 6) is 0.397. The molecule has 2 amide bonds. The molecule has 3 aromatic rings. The summed E-state index contributed by atoms with van der Waals surface area (Å²) in [5, 5.41) is 22.0. The van der Waals surface area contributed by atoms with Crippen molar-refractivity contribution in [1.82, 2.24) is 4.90 Å². The molecule has 0 unspecified atom stereocenters. The molecule has 3 aromatic carbocycles. The second-order valence-corrected chi connectivity index (χ2v) is 8.63. The van der Waals surface area contributed by atoms with Gasteiger partial charge in [0.25, 0.3) is 16.8 Å². The van der Waals surface area contributed by atoms with Crippen LogP contribution in [0.1, 0.15) is 5.56 Å². The molecule has 1 saturated heterocycles. The van der Waals surface area contributed by atoms with Crippen LogP contribution in [0.15, 0.2) is 71.6 Å². The van der Waals surface area contributed by atoms with E-state index in [4.69, 9.17) is 14.2 Å². The van der Waals surface area contributed by atoms with E-state index in [1.165, 1.54) is 19.3 Å². The lowest BCUT2D eigenvalue weighted by atomic mass is 10.1. The van der Waals surface area contributed by atoms with Crippen LogP contribution in [-0.4, -0.2) is 46.2 Å². The Hall–Kier alpha value is -4.91. The number of carbonyl (C=O) groups is 2. The van der Waals surface area contributed by atoms with Crippen LogP contribution in [0.5, 0.6) is 23.0 Å². The van der Waals surface area contributed by atoms with E-state index in [0.29, 0.717) is 17.1 Å². The number of imide groups is 1. The highest BCUT2D eigenvalue weighted by Crippen LogP contribution is 2.38. The molecule has 0 aliphatic carbocycles. The lowest BCUT2D eigenvalue weighted by Crippen LogP contribution is -2.32. The Morgan fingerprint density at radius 3 is 2.26 bits per heavy atom. The van der Waals surface area contributed by atoms with E-state index in [9.17, 15) is 29.8 Å². The first-order valence-corrected chi connectivity index (χ1v) is 11.8. The van der Waals surface area contributed by atoms with Crippen LogP contribution >= 0.6 is 11.8 Å². The number of amides is 2. The summed E-state index contributed by atoms with van der Waals surface area (Å²) >= 11 is 0.738. The van der Waals surface area contributed by atoms with Gasteiger partial charge in [0, 0.05) is 11.6 Å². The first-order chi connectivity index (χ1) is 18.3. The van der Waals surface area contributed by atoms with E-state index in [0.717, 1.165) is 34.9 Å². The Morgan fingerprint density at radius 1 is 0.895 bits per heavy atom. The number of benzene rings is 3. The van der Waals surface area contributed by atoms with E-state index in [2.05, 4.69) is 0 Å². The third-order valence-corrected chi connectivity index (χ3v) is 6.20. The van der Waals surface area contributed by atoms with Crippen LogP contribution in [0.2, 0.25) is 0 Å². The Balaban J connectivity index is 1.51. The van der Waals surface area contributed by atoms with Crippen LogP contribution in [-0.2, 0) is 4.79 Å². The maximum absolute atomic E-state index is 12.9. The number of hydrogen-bond acceptors (Lipinski definition) is 10. The fourth-order valence-corrected chi connectivity index (χ4v) is 4.33. The zero-order chi connectivity index (χ0) is 27.2. The highest BCUT2D eigenvalue weighted by Gasteiger charge is 2.35. The van der Waals surface area contributed by atoms with Gasteiger partial charge in [-0.3, -0.25) is 34.7 Å². The van der Waals surface area contributed by atoms with Crippen molar-refractivity contribution < 1.29 is 33.6 Å². The fourth-order valence-electron chi connectivity index (χ4n) is 3.48. The summed E-state index contributed by atoms with van der Waals surface area (Å²) in [7, 11) is 1.50. The zero-order valence-corrected chi connectivity index (χ0v) is 20.6. The van der Waals surface area contributed by atoms with Crippen LogP contribution in [0.3, 0.4) is 0 Å². The number of carbonyl (C=O) groups excluding carboxylic acids is 2. The van der Waals surface area contributed by atoms with Crippen molar-refractivity contribution in [2.75, 3.05) is 20.3 Å². The molecule has 0 saturated carbocycles. The third-order valence-electron chi connectivity index (χ3n) is 5.29. The molecule has 0 atom stereocenters. The van der Waals surface area contributed by atoms with Gasteiger partial charge in [0.15, 0.2) is 11.5 Å². The van der Waals surface area contributed by atoms with Gasteiger partial charge in [-0.15, -0.1) is 0 Å². The van der Waals surface area contributed by atoms with Gasteiger partial charge in [0.05, 0.1) is 34.5 Å². The number of rotatable bonds is 10. The van der Waals surface area contributed by atoms with Crippen LogP contribution in [0.25, 0.3) is 6.08 Å². The zero-order valence-electron chi connectivity index (χ0n) is 19.8. The third kappa shape index (κ3) is 5.73. The molecule has 13 heteroatoms. The average Bonchev–Trinajstić information content (AvgIpc) is 3.17. The van der Waals surface area contributed by atoms with Crippen molar-refractivity contribution in [3.63, 3.8) is 0 Å². The Kier molecular flexibility index (Phi) is 7.87. The molecule has 38 heavy (non-hydrogen) atoms. The maximum Gasteiger partial charge on any atom is 0.318 e. The molecule has 12 nitrogen and oxygen atoms in total. The summed E-state index contributed by atoms with van der Waals surface area (Å²) in [5.41, 5.74) is -0.680. The molecule has 0 aromatic heterocycles. The molecule has 1 aliphatic heterocycles. The van der Waals surface area contributed by atoms with Gasteiger partial charge in [-0.05, 0) is 42.1 Å². The normalized spacial score (nSPS) is 14.0. The highest BCUT2D eigenvalue weighted by atomic mass is 32.2.